The van der Waals surface area contributed by atoms with Crippen LogP contribution in [0, 0.1) is 0 Å². The first-order valence-electron chi connectivity index (χ1n) is 6.43. The first-order chi connectivity index (χ1) is 8.62. The van der Waals surface area contributed by atoms with E-state index < -0.39 is 0 Å². The maximum atomic E-state index is 10.7. The summed E-state index contributed by atoms with van der Waals surface area (Å²) in [5, 5.41) is 9.94. The second-order valence-corrected chi connectivity index (χ2v) is 4.98. The average Bonchev–Trinajstić information content (AvgIpc) is 2.69. The molecule has 2 heterocycles. The number of carbonyl (C=O) groups excluding carboxylic acids is 1. The molecule has 4 heteroatoms. The Balaban J connectivity index is 2.27. The Morgan fingerprint density at radius 1 is 1.56 bits per heavy atom. The zero-order valence-corrected chi connectivity index (χ0v) is 10.9. The van der Waals surface area contributed by atoms with Crippen molar-refractivity contribution in [1.82, 2.24) is 4.98 Å². The number of rotatable bonds is 5. The van der Waals surface area contributed by atoms with E-state index in [9.17, 15) is 9.90 Å². The van der Waals surface area contributed by atoms with Crippen molar-refractivity contribution in [2.24, 2.45) is 0 Å². The molecule has 0 bridgehead atoms. The lowest BCUT2D eigenvalue weighted by atomic mass is 9.90. The summed E-state index contributed by atoms with van der Waals surface area (Å²) in [5.41, 5.74) is 1.35. The Labute approximate surface area is 107 Å². The van der Waals surface area contributed by atoms with E-state index in [-0.39, 0.29) is 17.0 Å². The van der Waals surface area contributed by atoms with Gasteiger partial charge in [-0.2, -0.15) is 0 Å². The van der Waals surface area contributed by atoms with Gasteiger partial charge < -0.3 is 9.84 Å². The van der Waals surface area contributed by atoms with Crippen LogP contribution in [0.3, 0.4) is 0 Å². The monoisotopic (exact) mass is 249 g/mol. The van der Waals surface area contributed by atoms with Crippen molar-refractivity contribution in [3.05, 3.63) is 23.0 Å². The lowest BCUT2D eigenvalue weighted by molar-refractivity contribution is -0.0314. The zero-order chi connectivity index (χ0) is 13.2. The molecule has 98 valence electrons. The Morgan fingerprint density at radius 2 is 2.33 bits per heavy atom. The number of hydrogen-bond donors (Lipinski definition) is 1. The summed E-state index contributed by atoms with van der Waals surface area (Å²) in [4.78, 5) is 14.7. The Bertz CT molecular complexity index is 459. The normalized spacial score (nSPS) is 21.9. The number of nitrogens with zero attached hydrogens (tertiary/aromatic N) is 1. The third-order valence-corrected chi connectivity index (χ3v) is 3.66. The maximum Gasteiger partial charge on any atom is 0.172 e. The highest BCUT2D eigenvalue weighted by atomic mass is 16.5. The van der Waals surface area contributed by atoms with Crippen LogP contribution in [0.2, 0.25) is 0 Å². The summed E-state index contributed by atoms with van der Waals surface area (Å²) in [5.74, 6) is -0.0262. The summed E-state index contributed by atoms with van der Waals surface area (Å²) in [7, 11) is 0. The van der Waals surface area contributed by atoms with Crippen molar-refractivity contribution < 1.29 is 14.6 Å². The van der Waals surface area contributed by atoms with Crippen molar-refractivity contribution in [1.29, 1.82) is 0 Å². The van der Waals surface area contributed by atoms with Gasteiger partial charge in [0, 0.05) is 17.3 Å². The van der Waals surface area contributed by atoms with Crippen LogP contribution in [0.4, 0.5) is 0 Å². The quantitative estimate of drug-likeness (QED) is 0.644. The SMILES string of the molecule is CCCCCC1(C)OCc2c1cnc(C=O)c2O. The van der Waals surface area contributed by atoms with Gasteiger partial charge in [0.25, 0.3) is 0 Å². The molecule has 0 aliphatic carbocycles. The number of ether oxygens (including phenoxy) is 1. The molecular formula is C14H19NO3. The standard InChI is InChI=1S/C14H19NO3/c1-3-4-5-6-14(2)11-7-15-12(8-16)13(17)10(11)9-18-14/h7-8,17H,3-6,9H2,1-2H3. The van der Waals surface area contributed by atoms with Crippen LogP contribution < -0.4 is 0 Å². The van der Waals surface area contributed by atoms with Gasteiger partial charge in [0.2, 0.25) is 0 Å². The van der Waals surface area contributed by atoms with E-state index in [0.29, 0.717) is 18.5 Å². The van der Waals surface area contributed by atoms with E-state index >= 15 is 0 Å². The fourth-order valence-electron chi connectivity index (χ4n) is 2.47. The Hall–Kier alpha value is -1.42. The minimum absolute atomic E-state index is 0.0262. The van der Waals surface area contributed by atoms with Gasteiger partial charge in [-0.25, -0.2) is 4.98 Å². The summed E-state index contributed by atoms with van der Waals surface area (Å²) in [6.07, 6.45) is 6.56. The maximum absolute atomic E-state index is 10.7. The average molecular weight is 249 g/mol. The van der Waals surface area contributed by atoms with Crippen molar-refractivity contribution in [3.63, 3.8) is 0 Å². The predicted octanol–water partition coefficient (Wildman–Crippen LogP) is 2.93. The predicted molar refractivity (Wildman–Crippen MR) is 67.6 cm³/mol. The second-order valence-electron chi connectivity index (χ2n) is 4.98. The molecule has 0 aromatic carbocycles. The van der Waals surface area contributed by atoms with E-state index in [0.717, 1.165) is 24.8 Å². The summed E-state index contributed by atoms with van der Waals surface area (Å²) < 4.78 is 5.82. The van der Waals surface area contributed by atoms with Crippen LogP contribution >= 0.6 is 0 Å². The Kier molecular flexibility index (Phi) is 3.66. The van der Waals surface area contributed by atoms with Crippen LogP contribution in [0.15, 0.2) is 6.20 Å². The number of aromatic nitrogens is 1. The van der Waals surface area contributed by atoms with Crippen molar-refractivity contribution in [2.45, 2.75) is 51.7 Å². The number of fused-ring (bicyclic) bond motifs is 1. The molecule has 0 amide bonds. The smallest absolute Gasteiger partial charge is 0.172 e. The second kappa shape index (κ2) is 5.06. The van der Waals surface area contributed by atoms with E-state index in [1.807, 2.05) is 6.92 Å². The summed E-state index contributed by atoms with van der Waals surface area (Å²) in [6.45, 7) is 4.54. The third-order valence-electron chi connectivity index (χ3n) is 3.66. The largest absolute Gasteiger partial charge is 0.505 e. The van der Waals surface area contributed by atoms with Crippen LogP contribution in [0.1, 0.15) is 61.1 Å². The first kappa shape index (κ1) is 13.0. The molecule has 0 saturated carbocycles. The first-order valence-corrected chi connectivity index (χ1v) is 6.43. The number of aromatic hydroxyl groups is 1. The van der Waals surface area contributed by atoms with Crippen molar-refractivity contribution in [2.75, 3.05) is 0 Å². The molecule has 1 aliphatic rings. The van der Waals surface area contributed by atoms with Crippen LogP contribution in [0.5, 0.6) is 5.75 Å². The van der Waals surface area contributed by atoms with E-state index in [4.69, 9.17) is 4.74 Å². The Morgan fingerprint density at radius 3 is 3.00 bits per heavy atom. The van der Waals surface area contributed by atoms with Gasteiger partial charge >= 0.3 is 0 Å². The molecule has 0 fully saturated rings. The molecular weight excluding hydrogens is 230 g/mol. The van der Waals surface area contributed by atoms with Gasteiger partial charge in [-0.3, -0.25) is 4.79 Å². The molecule has 0 spiro atoms. The fourth-order valence-corrected chi connectivity index (χ4v) is 2.47. The number of carbonyl (C=O) groups is 1. The van der Waals surface area contributed by atoms with Crippen LogP contribution in [-0.2, 0) is 16.9 Å². The van der Waals surface area contributed by atoms with Crippen LogP contribution in [0.25, 0.3) is 0 Å². The molecule has 1 N–H and O–H groups in total. The molecule has 1 unspecified atom stereocenters. The fraction of sp³-hybridized carbons (Fsp3) is 0.571. The minimum atomic E-state index is -0.379. The van der Waals surface area contributed by atoms with E-state index in [1.54, 1.807) is 6.20 Å². The van der Waals surface area contributed by atoms with Gasteiger partial charge in [-0.05, 0) is 13.3 Å². The number of aldehydes is 1. The zero-order valence-electron chi connectivity index (χ0n) is 10.9. The summed E-state index contributed by atoms with van der Waals surface area (Å²) in [6, 6.07) is 0. The molecule has 2 rings (SSSR count). The van der Waals surface area contributed by atoms with E-state index in [2.05, 4.69) is 11.9 Å². The number of hydrogen-bond acceptors (Lipinski definition) is 4. The van der Waals surface area contributed by atoms with Gasteiger partial charge in [0.15, 0.2) is 12.0 Å². The van der Waals surface area contributed by atoms with Crippen molar-refractivity contribution >= 4 is 6.29 Å². The van der Waals surface area contributed by atoms with Gasteiger partial charge in [-0.1, -0.05) is 26.2 Å². The molecule has 1 aliphatic heterocycles. The minimum Gasteiger partial charge on any atom is -0.505 e. The molecule has 4 nitrogen and oxygen atoms in total. The van der Waals surface area contributed by atoms with E-state index in [1.165, 1.54) is 6.42 Å². The van der Waals surface area contributed by atoms with Crippen LogP contribution in [-0.4, -0.2) is 16.4 Å². The molecule has 0 saturated heterocycles. The topological polar surface area (TPSA) is 59.4 Å². The third kappa shape index (κ3) is 2.12. The van der Waals surface area contributed by atoms with Crippen molar-refractivity contribution in [3.8, 4) is 5.75 Å². The highest BCUT2D eigenvalue weighted by Gasteiger charge is 2.37. The lowest BCUT2D eigenvalue weighted by Crippen LogP contribution is -2.20. The lowest BCUT2D eigenvalue weighted by Gasteiger charge is -2.24. The number of pyridine rings is 1. The van der Waals surface area contributed by atoms with Gasteiger partial charge in [0.1, 0.15) is 5.69 Å². The highest BCUT2D eigenvalue weighted by Crippen LogP contribution is 2.43. The highest BCUT2D eigenvalue weighted by molar-refractivity contribution is 5.77. The molecule has 1 aromatic heterocycles. The van der Waals surface area contributed by atoms with Gasteiger partial charge in [0.05, 0.1) is 12.2 Å². The van der Waals surface area contributed by atoms with Gasteiger partial charge in [-0.15, -0.1) is 0 Å². The molecule has 1 aromatic rings. The summed E-state index contributed by atoms with van der Waals surface area (Å²) >= 11 is 0. The molecule has 1 atom stereocenters. The number of unbranched alkanes of at least 4 members (excludes halogenated alkanes) is 2. The molecule has 18 heavy (non-hydrogen) atoms. The molecule has 0 radical (unpaired) electrons.